The number of nitrogens with one attached hydrogen (secondary N) is 1. The fourth-order valence-electron chi connectivity index (χ4n) is 4.34. The third-order valence-electron chi connectivity index (χ3n) is 5.90. The molecule has 1 saturated heterocycles. The van der Waals surface area contributed by atoms with E-state index in [4.69, 9.17) is 15.7 Å². The lowest BCUT2D eigenvalue weighted by molar-refractivity contribution is 0.242. The van der Waals surface area contributed by atoms with Gasteiger partial charge in [-0.1, -0.05) is 0 Å². The van der Waals surface area contributed by atoms with Crippen molar-refractivity contribution in [3.05, 3.63) is 16.3 Å². The van der Waals surface area contributed by atoms with Crippen molar-refractivity contribution in [1.29, 1.82) is 0 Å². The molecule has 3 aliphatic rings. The molecule has 3 N–H and O–H groups in total. The average molecular weight is 372 g/mol. The smallest absolute Gasteiger partial charge is 0.312 e. The Bertz CT molecular complexity index is 851. The number of nitrogens with zero attached hydrogens (tertiary/aromatic N) is 3. The van der Waals surface area contributed by atoms with Crippen molar-refractivity contribution in [2.75, 3.05) is 18.0 Å². The van der Waals surface area contributed by atoms with E-state index in [9.17, 15) is 4.79 Å². The highest BCUT2D eigenvalue weighted by molar-refractivity contribution is 7.19. The van der Waals surface area contributed by atoms with Gasteiger partial charge in [0.2, 0.25) is 0 Å². The monoisotopic (exact) mass is 371 g/mol. The van der Waals surface area contributed by atoms with E-state index in [0.717, 1.165) is 44.0 Å². The fraction of sp³-hybridized carbons (Fsp3) is 0.632. The Morgan fingerprint density at radius 1 is 1.12 bits per heavy atom. The van der Waals surface area contributed by atoms with Crippen molar-refractivity contribution in [3.8, 4) is 0 Å². The lowest BCUT2D eigenvalue weighted by atomic mass is 9.96. The van der Waals surface area contributed by atoms with Gasteiger partial charge >= 0.3 is 6.03 Å². The van der Waals surface area contributed by atoms with Crippen LogP contribution in [0.15, 0.2) is 0 Å². The molecule has 0 bridgehead atoms. The Kier molecular flexibility index (Phi) is 3.99. The van der Waals surface area contributed by atoms with Gasteiger partial charge in [-0.15, -0.1) is 11.3 Å². The van der Waals surface area contributed by atoms with Crippen LogP contribution in [0.3, 0.4) is 0 Å². The molecule has 0 atom stereocenters. The van der Waals surface area contributed by atoms with Crippen LogP contribution >= 0.6 is 11.3 Å². The quantitative estimate of drug-likeness (QED) is 0.868. The number of piperidine rings is 1. The minimum atomic E-state index is -0.421. The fourth-order valence-corrected chi connectivity index (χ4v) is 5.61. The van der Waals surface area contributed by atoms with Gasteiger partial charge in [-0.2, -0.15) is 0 Å². The SMILES string of the molecule is NC(=O)NC1CCN(c2nc(C3CC3)nc3sc4c(c23)CCCC4)CC1. The Balaban J connectivity index is 1.51. The molecule has 2 fully saturated rings. The lowest BCUT2D eigenvalue weighted by Gasteiger charge is -2.33. The Labute approximate surface area is 157 Å². The van der Waals surface area contributed by atoms with Gasteiger partial charge in [0.1, 0.15) is 16.5 Å². The van der Waals surface area contributed by atoms with E-state index in [-0.39, 0.29) is 6.04 Å². The van der Waals surface area contributed by atoms with Crippen LogP contribution in [0.1, 0.15) is 60.7 Å². The van der Waals surface area contributed by atoms with Gasteiger partial charge < -0.3 is 16.0 Å². The van der Waals surface area contributed by atoms with Crippen molar-refractivity contribution in [2.24, 2.45) is 5.73 Å². The molecule has 2 aromatic rings. The summed E-state index contributed by atoms with van der Waals surface area (Å²) in [6, 6.07) is -0.240. The molecule has 0 aromatic carbocycles. The maximum absolute atomic E-state index is 11.1. The van der Waals surface area contributed by atoms with Crippen LogP contribution in [0.25, 0.3) is 10.2 Å². The molecule has 2 aromatic heterocycles. The summed E-state index contributed by atoms with van der Waals surface area (Å²) in [6.45, 7) is 1.82. The summed E-state index contributed by atoms with van der Waals surface area (Å²) >= 11 is 1.89. The molecule has 1 saturated carbocycles. The van der Waals surface area contributed by atoms with E-state index in [1.54, 1.807) is 0 Å². The third-order valence-corrected chi connectivity index (χ3v) is 7.08. The van der Waals surface area contributed by atoms with Crippen LogP contribution in [0.5, 0.6) is 0 Å². The molecular weight excluding hydrogens is 346 g/mol. The van der Waals surface area contributed by atoms with Crippen LogP contribution in [-0.4, -0.2) is 35.1 Å². The maximum atomic E-state index is 11.1. The van der Waals surface area contributed by atoms with E-state index in [0.29, 0.717) is 5.92 Å². The van der Waals surface area contributed by atoms with Gasteiger partial charge in [-0.05, 0) is 56.9 Å². The highest BCUT2D eigenvalue weighted by Gasteiger charge is 2.31. The predicted octanol–water partition coefficient (Wildman–Crippen LogP) is 3.08. The van der Waals surface area contributed by atoms with Crippen molar-refractivity contribution in [2.45, 2.75) is 63.3 Å². The number of thiophene rings is 1. The van der Waals surface area contributed by atoms with E-state index >= 15 is 0 Å². The molecule has 2 aliphatic carbocycles. The zero-order chi connectivity index (χ0) is 17.7. The topological polar surface area (TPSA) is 84.1 Å². The van der Waals surface area contributed by atoms with Gasteiger partial charge in [-0.25, -0.2) is 14.8 Å². The number of carbonyl (C=O) groups is 1. The number of anilines is 1. The van der Waals surface area contributed by atoms with Crippen molar-refractivity contribution in [1.82, 2.24) is 15.3 Å². The molecule has 7 heteroatoms. The lowest BCUT2D eigenvalue weighted by Crippen LogP contribution is -2.46. The summed E-state index contributed by atoms with van der Waals surface area (Å²) in [5, 5.41) is 4.17. The molecule has 0 spiro atoms. The molecule has 3 heterocycles. The van der Waals surface area contributed by atoms with Crippen LogP contribution in [0.4, 0.5) is 10.6 Å². The Hall–Kier alpha value is -1.89. The first-order valence-electron chi connectivity index (χ1n) is 9.82. The first kappa shape index (κ1) is 16.3. The summed E-state index contributed by atoms with van der Waals surface area (Å²) in [6.07, 6.45) is 9.20. The number of urea groups is 1. The number of aryl methyl sites for hydroxylation is 2. The molecule has 138 valence electrons. The summed E-state index contributed by atoms with van der Waals surface area (Å²) in [5.74, 6) is 2.75. The molecule has 5 rings (SSSR count). The normalized spacial score (nSPS) is 21.0. The van der Waals surface area contributed by atoms with E-state index in [1.807, 2.05) is 11.3 Å². The van der Waals surface area contributed by atoms with Gasteiger partial charge in [0, 0.05) is 29.9 Å². The number of rotatable bonds is 3. The van der Waals surface area contributed by atoms with Gasteiger partial charge in [-0.3, -0.25) is 0 Å². The number of amides is 2. The van der Waals surface area contributed by atoms with Crippen LogP contribution in [-0.2, 0) is 12.8 Å². The first-order chi connectivity index (χ1) is 12.7. The second-order valence-corrected chi connectivity index (χ2v) is 8.92. The number of primary amides is 1. The Morgan fingerprint density at radius 3 is 2.62 bits per heavy atom. The van der Waals surface area contributed by atoms with Crippen molar-refractivity contribution in [3.63, 3.8) is 0 Å². The molecule has 0 unspecified atom stereocenters. The van der Waals surface area contributed by atoms with Gasteiger partial charge in [0.15, 0.2) is 0 Å². The zero-order valence-electron chi connectivity index (χ0n) is 15.0. The highest BCUT2D eigenvalue weighted by atomic mass is 32.1. The highest BCUT2D eigenvalue weighted by Crippen LogP contribution is 2.44. The van der Waals surface area contributed by atoms with Crippen molar-refractivity contribution < 1.29 is 4.79 Å². The second-order valence-electron chi connectivity index (χ2n) is 7.84. The number of nitrogens with two attached hydrogens (primary N) is 1. The summed E-state index contributed by atoms with van der Waals surface area (Å²) in [4.78, 5) is 26.3. The molecule has 26 heavy (non-hydrogen) atoms. The van der Waals surface area contributed by atoms with Gasteiger partial charge in [0.05, 0.1) is 5.39 Å². The van der Waals surface area contributed by atoms with Crippen LogP contribution in [0, 0.1) is 0 Å². The largest absolute Gasteiger partial charge is 0.356 e. The molecule has 0 radical (unpaired) electrons. The van der Waals surface area contributed by atoms with E-state index < -0.39 is 6.03 Å². The molecule has 2 amide bonds. The number of hydrogen-bond donors (Lipinski definition) is 2. The molecular formula is C19H25N5OS. The average Bonchev–Trinajstić information content (AvgIpc) is 3.42. The minimum Gasteiger partial charge on any atom is -0.356 e. The van der Waals surface area contributed by atoms with Crippen LogP contribution < -0.4 is 16.0 Å². The first-order valence-corrected chi connectivity index (χ1v) is 10.6. The van der Waals surface area contributed by atoms with Crippen LogP contribution in [0.2, 0.25) is 0 Å². The molecule has 6 nitrogen and oxygen atoms in total. The van der Waals surface area contributed by atoms with E-state index in [2.05, 4.69) is 10.2 Å². The second kappa shape index (κ2) is 6.37. The van der Waals surface area contributed by atoms with E-state index in [1.165, 1.54) is 52.8 Å². The maximum Gasteiger partial charge on any atom is 0.312 e. The number of hydrogen-bond acceptors (Lipinski definition) is 5. The van der Waals surface area contributed by atoms with Gasteiger partial charge in [0.25, 0.3) is 0 Å². The third kappa shape index (κ3) is 2.92. The number of carbonyl (C=O) groups excluding carboxylic acids is 1. The molecule has 1 aliphatic heterocycles. The minimum absolute atomic E-state index is 0.181. The standard InChI is InChI=1S/C19H25N5OS/c20-19(25)21-12-7-9-24(10-8-12)17-15-13-3-1-2-4-14(13)26-18(15)23-16(22-17)11-5-6-11/h11-12H,1-10H2,(H3,20,21,25). The predicted molar refractivity (Wildman–Crippen MR) is 104 cm³/mol. The van der Waals surface area contributed by atoms with Crippen molar-refractivity contribution >= 4 is 33.4 Å². The zero-order valence-corrected chi connectivity index (χ0v) is 15.8. The number of fused-ring (bicyclic) bond motifs is 3. The number of aromatic nitrogens is 2. The summed E-state index contributed by atoms with van der Waals surface area (Å²) in [5.41, 5.74) is 6.79. The summed E-state index contributed by atoms with van der Waals surface area (Å²) in [7, 11) is 0. The Morgan fingerprint density at radius 2 is 1.88 bits per heavy atom. The summed E-state index contributed by atoms with van der Waals surface area (Å²) < 4.78 is 0.